The largest absolute Gasteiger partial charge is 0.482 e. The molecule has 116 valence electrons. The van der Waals surface area contributed by atoms with Gasteiger partial charge in [0.25, 0.3) is 0 Å². The molecule has 0 aliphatic rings. The van der Waals surface area contributed by atoms with Crippen LogP contribution in [0.5, 0.6) is 5.75 Å². The van der Waals surface area contributed by atoms with E-state index in [-0.39, 0.29) is 23.6 Å². The molecule has 0 spiro atoms. The van der Waals surface area contributed by atoms with Gasteiger partial charge in [0, 0.05) is 12.1 Å². The predicted molar refractivity (Wildman–Crippen MR) is 79.9 cm³/mol. The minimum Gasteiger partial charge on any atom is -0.482 e. The topological polar surface area (TPSA) is 102 Å². The van der Waals surface area contributed by atoms with Gasteiger partial charge in [-0.1, -0.05) is 12.1 Å². The molecule has 0 unspecified atom stereocenters. The third-order valence-corrected chi connectivity index (χ3v) is 3.03. The van der Waals surface area contributed by atoms with Crippen molar-refractivity contribution in [3.8, 4) is 11.8 Å². The van der Waals surface area contributed by atoms with Crippen LogP contribution in [0.4, 0.5) is 5.69 Å². The monoisotopic (exact) mass is 312 g/mol. The molecular formula is C16H12N2O5. The number of nitro groups is 1. The summed E-state index contributed by atoms with van der Waals surface area (Å²) in [5, 5.41) is 19.9. The van der Waals surface area contributed by atoms with E-state index in [2.05, 4.69) is 4.74 Å². The number of carbonyl (C=O) groups excluding carboxylic acids is 1. The van der Waals surface area contributed by atoms with E-state index < -0.39 is 10.9 Å². The second-order valence-electron chi connectivity index (χ2n) is 4.53. The van der Waals surface area contributed by atoms with Crippen molar-refractivity contribution in [1.29, 1.82) is 5.26 Å². The molecule has 7 heteroatoms. The van der Waals surface area contributed by atoms with Gasteiger partial charge < -0.3 is 9.47 Å². The molecule has 0 saturated carbocycles. The number of benzene rings is 2. The molecule has 0 aliphatic carbocycles. The van der Waals surface area contributed by atoms with Crippen LogP contribution in [0.1, 0.15) is 21.5 Å². The Kier molecular flexibility index (Phi) is 4.89. The van der Waals surface area contributed by atoms with Crippen molar-refractivity contribution in [2.45, 2.75) is 6.61 Å². The molecule has 2 aromatic carbocycles. The van der Waals surface area contributed by atoms with Crippen LogP contribution >= 0.6 is 0 Å². The zero-order chi connectivity index (χ0) is 16.8. The first-order chi connectivity index (χ1) is 11.0. The predicted octanol–water partition coefficient (Wildman–Crippen LogP) is 2.83. The molecule has 0 atom stereocenters. The third kappa shape index (κ3) is 3.83. The highest BCUT2D eigenvalue weighted by Crippen LogP contribution is 2.29. The maximum atomic E-state index is 11.5. The molecule has 2 aromatic rings. The summed E-state index contributed by atoms with van der Waals surface area (Å²) in [5.41, 5.74) is 1.04. The first-order valence-corrected chi connectivity index (χ1v) is 6.53. The summed E-state index contributed by atoms with van der Waals surface area (Å²) in [7, 11) is 1.22. The lowest BCUT2D eigenvalue weighted by molar-refractivity contribution is -0.385. The molecular weight excluding hydrogens is 300 g/mol. The molecule has 0 bridgehead atoms. The SMILES string of the molecule is COC(=O)c1ccc([N+](=O)[O-])c(OCc2cccc(C#N)c2)c1. The van der Waals surface area contributed by atoms with Crippen LogP contribution in [0, 0.1) is 21.4 Å². The first-order valence-electron chi connectivity index (χ1n) is 6.53. The Morgan fingerprint density at radius 1 is 1.30 bits per heavy atom. The molecule has 2 rings (SSSR count). The van der Waals surface area contributed by atoms with Crippen LogP contribution in [-0.4, -0.2) is 18.0 Å². The number of nitrogens with zero attached hydrogens (tertiary/aromatic N) is 2. The van der Waals surface area contributed by atoms with Crippen molar-refractivity contribution in [2.75, 3.05) is 7.11 Å². The Morgan fingerprint density at radius 2 is 2.09 bits per heavy atom. The quantitative estimate of drug-likeness (QED) is 0.478. The van der Waals surface area contributed by atoms with E-state index in [1.54, 1.807) is 24.3 Å². The van der Waals surface area contributed by atoms with Crippen LogP contribution in [0.25, 0.3) is 0 Å². The number of methoxy groups -OCH3 is 1. The van der Waals surface area contributed by atoms with E-state index in [9.17, 15) is 14.9 Å². The lowest BCUT2D eigenvalue weighted by Crippen LogP contribution is -2.04. The molecule has 7 nitrogen and oxygen atoms in total. The van der Waals surface area contributed by atoms with Gasteiger partial charge in [0.2, 0.25) is 0 Å². The fourth-order valence-corrected chi connectivity index (χ4v) is 1.92. The molecule has 0 fully saturated rings. The number of rotatable bonds is 5. The van der Waals surface area contributed by atoms with E-state index in [4.69, 9.17) is 10.00 Å². The van der Waals surface area contributed by atoms with Gasteiger partial charge in [0.1, 0.15) is 6.61 Å². The maximum absolute atomic E-state index is 11.5. The third-order valence-electron chi connectivity index (χ3n) is 3.03. The van der Waals surface area contributed by atoms with Crippen molar-refractivity contribution >= 4 is 11.7 Å². The molecule has 0 saturated heterocycles. The van der Waals surface area contributed by atoms with Gasteiger partial charge in [-0.3, -0.25) is 10.1 Å². The highest BCUT2D eigenvalue weighted by Gasteiger charge is 2.18. The van der Waals surface area contributed by atoms with Crippen molar-refractivity contribution in [3.63, 3.8) is 0 Å². The van der Waals surface area contributed by atoms with Gasteiger partial charge in [0.15, 0.2) is 5.75 Å². The van der Waals surface area contributed by atoms with Crippen molar-refractivity contribution in [2.24, 2.45) is 0 Å². The Balaban J connectivity index is 2.27. The minimum absolute atomic E-state index is 0.0288. The highest BCUT2D eigenvalue weighted by molar-refractivity contribution is 5.90. The van der Waals surface area contributed by atoms with Gasteiger partial charge in [-0.05, 0) is 23.8 Å². The number of nitro benzene ring substituents is 1. The first kappa shape index (κ1) is 16.0. The van der Waals surface area contributed by atoms with Gasteiger partial charge in [-0.2, -0.15) is 5.26 Å². The number of ether oxygens (including phenoxy) is 2. The number of nitriles is 1. The molecule has 0 heterocycles. The smallest absolute Gasteiger partial charge is 0.337 e. The second-order valence-corrected chi connectivity index (χ2v) is 4.53. The average molecular weight is 312 g/mol. The number of hydrogen-bond acceptors (Lipinski definition) is 6. The van der Waals surface area contributed by atoms with Crippen LogP contribution in [0.15, 0.2) is 42.5 Å². The fourth-order valence-electron chi connectivity index (χ4n) is 1.92. The maximum Gasteiger partial charge on any atom is 0.337 e. The zero-order valence-corrected chi connectivity index (χ0v) is 12.2. The van der Waals surface area contributed by atoms with E-state index in [1.165, 1.54) is 25.3 Å². The number of hydrogen-bond donors (Lipinski definition) is 0. The summed E-state index contributed by atoms with van der Waals surface area (Å²) in [5.74, 6) is -0.656. The Hall–Kier alpha value is -3.40. The van der Waals surface area contributed by atoms with Crippen LogP contribution in [0.2, 0.25) is 0 Å². The van der Waals surface area contributed by atoms with Crippen LogP contribution in [0.3, 0.4) is 0 Å². The molecule has 0 aromatic heterocycles. The van der Waals surface area contributed by atoms with Crippen molar-refractivity contribution in [1.82, 2.24) is 0 Å². The van der Waals surface area contributed by atoms with Crippen LogP contribution < -0.4 is 4.74 Å². The van der Waals surface area contributed by atoms with Crippen molar-refractivity contribution < 1.29 is 19.2 Å². The Morgan fingerprint density at radius 3 is 2.74 bits per heavy atom. The van der Waals surface area contributed by atoms with E-state index >= 15 is 0 Å². The van der Waals surface area contributed by atoms with E-state index in [0.717, 1.165) is 0 Å². The van der Waals surface area contributed by atoms with E-state index in [1.807, 2.05) is 6.07 Å². The standard InChI is InChI=1S/C16H12N2O5/c1-22-16(19)13-5-6-14(18(20)21)15(8-13)23-10-12-4-2-3-11(7-12)9-17/h2-8H,10H2,1H3. The van der Waals surface area contributed by atoms with E-state index in [0.29, 0.717) is 11.1 Å². The van der Waals surface area contributed by atoms with Gasteiger partial charge >= 0.3 is 11.7 Å². The second kappa shape index (κ2) is 7.04. The van der Waals surface area contributed by atoms with Crippen LogP contribution in [-0.2, 0) is 11.3 Å². The zero-order valence-electron chi connectivity index (χ0n) is 12.2. The number of carbonyl (C=O) groups is 1. The van der Waals surface area contributed by atoms with Gasteiger partial charge in [-0.15, -0.1) is 0 Å². The lowest BCUT2D eigenvalue weighted by Gasteiger charge is -2.08. The van der Waals surface area contributed by atoms with Crippen molar-refractivity contribution in [3.05, 3.63) is 69.3 Å². The average Bonchev–Trinajstić information content (AvgIpc) is 2.59. The number of esters is 1. The lowest BCUT2D eigenvalue weighted by atomic mass is 10.1. The molecule has 0 amide bonds. The molecule has 0 radical (unpaired) electrons. The van der Waals surface area contributed by atoms with Gasteiger partial charge in [-0.25, -0.2) is 4.79 Å². The Labute approximate surface area is 131 Å². The summed E-state index contributed by atoms with van der Waals surface area (Å²) in [6.45, 7) is 0.0288. The van der Waals surface area contributed by atoms with Gasteiger partial charge in [0.05, 0.1) is 29.2 Å². The molecule has 23 heavy (non-hydrogen) atoms. The summed E-state index contributed by atoms with van der Waals surface area (Å²) >= 11 is 0. The summed E-state index contributed by atoms with van der Waals surface area (Å²) in [6, 6.07) is 12.4. The normalized spacial score (nSPS) is 9.74. The molecule has 0 aliphatic heterocycles. The Bertz CT molecular complexity index is 795. The summed E-state index contributed by atoms with van der Waals surface area (Å²) in [4.78, 5) is 22.0. The fraction of sp³-hybridized carbons (Fsp3) is 0.125. The molecule has 0 N–H and O–H groups in total. The highest BCUT2D eigenvalue weighted by atomic mass is 16.6. The minimum atomic E-state index is -0.615. The summed E-state index contributed by atoms with van der Waals surface area (Å²) < 4.78 is 10.0. The summed E-state index contributed by atoms with van der Waals surface area (Å²) in [6.07, 6.45) is 0.